The maximum absolute atomic E-state index is 13.4. The van der Waals surface area contributed by atoms with Crippen LogP contribution in [0.15, 0.2) is 72.8 Å². The number of fused-ring (bicyclic) bond motifs is 1. The highest BCUT2D eigenvalue weighted by molar-refractivity contribution is 6.22. The van der Waals surface area contributed by atoms with Crippen LogP contribution in [-0.4, -0.2) is 37.6 Å². The molecule has 0 saturated heterocycles. The molecule has 1 heterocycles. The first kappa shape index (κ1) is 21.3. The van der Waals surface area contributed by atoms with Crippen molar-refractivity contribution < 1.29 is 24.2 Å². The van der Waals surface area contributed by atoms with Crippen LogP contribution < -0.4 is 0 Å². The van der Waals surface area contributed by atoms with Gasteiger partial charge in [0.2, 0.25) is 0 Å². The van der Waals surface area contributed by atoms with Gasteiger partial charge in [-0.3, -0.25) is 34.6 Å². The summed E-state index contributed by atoms with van der Waals surface area (Å²) in [7, 11) is 0. The lowest BCUT2D eigenvalue weighted by Gasteiger charge is -2.30. The molecule has 0 atom stereocenters. The summed E-state index contributed by atoms with van der Waals surface area (Å²) in [6.45, 7) is -0.287. The lowest BCUT2D eigenvalue weighted by Crippen LogP contribution is -2.49. The number of benzene rings is 3. The number of hydrazine groups is 1. The number of hydrogen-bond donors (Lipinski definition) is 0. The Morgan fingerprint density at radius 3 is 1.91 bits per heavy atom. The standard InChI is InChI=1S/C22H14N4O7/c27-20(15-4-3-5-17(12-15)26(32)33)23(13-14-8-10-16(11-9-14)25(30)31)24-21(28)18-6-1-2-7-19(18)22(24)29/h1-12H,13H2. The van der Waals surface area contributed by atoms with Crippen LogP contribution in [-0.2, 0) is 6.54 Å². The van der Waals surface area contributed by atoms with Crippen LogP contribution >= 0.6 is 0 Å². The fourth-order valence-electron chi connectivity index (χ4n) is 3.43. The van der Waals surface area contributed by atoms with Crippen molar-refractivity contribution >= 4 is 29.1 Å². The molecule has 3 aromatic rings. The second-order valence-electron chi connectivity index (χ2n) is 7.06. The van der Waals surface area contributed by atoms with E-state index in [4.69, 9.17) is 0 Å². The van der Waals surface area contributed by atoms with Gasteiger partial charge in [0.05, 0.1) is 27.5 Å². The van der Waals surface area contributed by atoms with E-state index in [0.29, 0.717) is 10.6 Å². The van der Waals surface area contributed by atoms with Crippen LogP contribution in [0.3, 0.4) is 0 Å². The van der Waals surface area contributed by atoms with Crippen LogP contribution in [0.2, 0.25) is 0 Å². The smallest absolute Gasteiger partial charge is 0.267 e. The SMILES string of the molecule is O=C(c1cccc([N+](=O)[O-])c1)N(Cc1ccc([N+](=O)[O-])cc1)N1C(=O)c2ccccc2C1=O. The summed E-state index contributed by atoms with van der Waals surface area (Å²) in [6, 6.07) is 16.2. The fourth-order valence-corrected chi connectivity index (χ4v) is 3.43. The van der Waals surface area contributed by atoms with Gasteiger partial charge >= 0.3 is 0 Å². The van der Waals surface area contributed by atoms with Crippen LogP contribution in [0.25, 0.3) is 0 Å². The highest BCUT2D eigenvalue weighted by Crippen LogP contribution is 2.27. The van der Waals surface area contributed by atoms with Crippen LogP contribution in [0.5, 0.6) is 0 Å². The number of amides is 3. The van der Waals surface area contributed by atoms with Gasteiger partial charge in [-0.1, -0.05) is 30.3 Å². The molecule has 0 aliphatic carbocycles. The Labute approximate surface area is 185 Å². The summed E-state index contributed by atoms with van der Waals surface area (Å²) >= 11 is 0. The summed E-state index contributed by atoms with van der Waals surface area (Å²) < 4.78 is 0. The number of nitro benzene ring substituents is 2. The van der Waals surface area contributed by atoms with Crippen molar-refractivity contribution in [1.29, 1.82) is 0 Å². The topological polar surface area (TPSA) is 144 Å². The monoisotopic (exact) mass is 446 g/mol. The molecular formula is C22H14N4O7. The zero-order chi connectivity index (χ0) is 23.7. The van der Waals surface area contributed by atoms with Crippen molar-refractivity contribution in [2.75, 3.05) is 0 Å². The van der Waals surface area contributed by atoms with Gasteiger partial charge in [-0.05, 0) is 23.8 Å². The van der Waals surface area contributed by atoms with Crippen LogP contribution in [0, 0.1) is 20.2 Å². The number of rotatable bonds is 6. The second kappa shape index (κ2) is 8.30. The first-order valence-electron chi connectivity index (χ1n) is 9.55. The second-order valence-corrected chi connectivity index (χ2v) is 7.06. The number of hydrogen-bond acceptors (Lipinski definition) is 7. The highest BCUT2D eigenvalue weighted by atomic mass is 16.6. The Balaban J connectivity index is 1.76. The Morgan fingerprint density at radius 1 is 0.788 bits per heavy atom. The molecule has 0 spiro atoms. The Bertz CT molecular complexity index is 1290. The maximum atomic E-state index is 13.4. The molecule has 11 heteroatoms. The van der Waals surface area contributed by atoms with E-state index in [9.17, 15) is 34.6 Å². The van der Waals surface area contributed by atoms with Gasteiger partial charge < -0.3 is 0 Å². The van der Waals surface area contributed by atoms with Gasteiger partial charge in [0.15, 0.2) is 0 Å². The molecule has 0 bridgehead atoms. The molecule has 0 fully saturated rings. The minimum atomic E-state index is -0.827. The van der Waals surface area contributed by atoms with E-state index in [1.54, 1.807) is 12.1 Å². The molecule has 3 aromatic carbocycles. The van der Waals surface area contributed by atoms with Crippen molar-refractivity contribution in [2.24, 2.45) is 0 Å². The number of carbonyl (C=O) groups excluding carboxylic acids is 3. The van der Waals surface area contributed by atoms with E-state index in [-0.39, 0.29) is 34.6 Å². The van der Waals surface area contributed by atoms with E-state index in [1.165, 1.54) is 54.6 Å². The molecule has 0 radical (unpaired) electrons. The minimum absolute atomic E-state index is 0.109. The van der Waals surface area contributed by atoms with E-state index >= 15 is 0 Å². The Morgan fingerprint density at radius 2 is 1.36 bits per heavy atom. The average molecular weight is 446 g/mol. The molecule has 0 N–H and O–H groups in total. The van der Waals surface area contributed by atoms with Crippen molar-refractivity contribution in [2.45, 2.75) is 6.54 Å². The summed E-state index contributed by atoms with van der Waals surface area (Å²) in [5.41, 5.74) is 0.0132. The predicted octanol–water partition coefficient (Wildman–Crippen LogP) is 3.36. The lowest BCUT2D eigenvalue weighted by atomic mass is 10.1. The van der Waals surface area contributed by atoms with Gasteiger partial charge in [-0.25, -0.2) is 5.01 Å². The van der Waals surface area contributed by atoms with E-state index in [0.717, 1.165) is 11.1 Å². The van der Waals surface area contributed by atoms with Gasteiger partial charge in [-0.15, -0.1) is 0 Å². The first-order valence-corrected chi connectivity index (χ1v) is 9.55. The largest absolute Gasteiger partial charge is 0.280 e. The maximum Gasteiger partial charge on any atom is 0.280 e. The van der Waals surface area contributed by atoms with E-state index in [2.05, 4.69) is 0 Å². The fraction of sp³-hybridized carbons (Fsp3) is 0.0455. The summed E-state index contributed by atoms with van der Waals surface area (Å²) in [6.07, 6.45) is 0. The van der Waals surface area contributed by atoms with Gasteiger partial charge in [0, 0.05) is 29.8 Å². The van der Waals surface area contributed by atoms with Crippen LogP contribution in [0.1, 0.15) is 36.6 Å². The molecule has 0 unspecified atom stereocenters. The van der Waals surface area contributed by atoms with Crippen LogP contribution in [0.4, 0.5) is 11.4 Å². The molecule has 0 aromatic heterocycles. The molecule has 164 valence electrons. The average Bonchev–Trinajstić information content (AvgIpc) is 3.07. The van der Waals surface area contributed by atoms with Gasteiger partial charge in [-0.2, -0.15) is 5.01 Å². The normalized spacial score (nSPS) is 12.4. The van der Waals surface area contributed by atoms with E-state index in [1.807, 2.05) is 0 Å². The lowest BCUT2D eigenvalue weighted by molar-refractivity contribution is -0.385. The third kappa shape index (κ3) is 3.90. The van der Waals surface area contributed by atoms with Crippen molar-refractivity contribution in [3.8, 4) is 0 Å². The van der Waals surface area contributed by atoms with E-state index < -0.39 is 27.6 Å². The number of imide groups is 1. The molecule has 1 aliphatic heterocycles. The summed E-state index contributed by atoms with van der Waals surface area (Å²) in [5, 5.41) is 23.6. The first-order chi connectivity index (χ1) is 15.8. The highest BCUT2D eigenvalue weighted by Gasteiger charge is 2.41. The molecule has 4 rings (SSSR count). The zero-order valence-electron chi connectivity index (χ0n) is 16.8. The number of nitrogens with zero attached hydrogens (tertiary/aromatic N) is 4. The van der Waals surface area contributed by atoms with Gasteiger partial charge in [0.25, 0.3) is 29.1 Å². The molecular weight excluding hydrogens is 432 g/mol. The Kier molecular flexibility index (Phi) is 5.36. The van der Waals surface area contributed by atoms with Gasteiger partial charge in [0.1, 0.15) is 0 Å². The quantitative estimate of drug-likeness (QED) is 0.321. The van der Waals surface area contributed by atoms with Crippen molar-refractivity contribution in [3.63, 3.8) is 0 Å². The molecule has 1 aliphatic rings. The molecule has 33 heavy (non-hydrogen) atoms. The molecule has 3 amide bonds. The van der Waals surface area contributed by atoms with Crippen molar-refractivity contribution in [3.05, 3.63) is 115 Å². The number of non-ortho nitro benzene ring substituents is 2. The summed E-state index contributed by atoms with van der Waals surface area (Å²) in [4.78, 5) is 60.2. The minimum Gasteiger partial charge on any atom is -0.267 e. The molecule has 0 saturated carbocycles. The Hall–Kier alpha value is -4.93. The number of carbonyl (C=O) groups is 3. The third-order valence-corrected chi connectivity index (χ3v) is 5.03. The van der Waals surface area contributed by atoms with Crippen molar-refractivity contribution in [1.82, 2.24) is 10.0 Å². The predicted molar refractivity (Wildman–Crippen MR) is 113 cm³/mol. The summed E-state index contributed by atoms with van der Waals surface area (Å²) in [5.74, 6) is -2.28. The zero-order valence-corrected chi connectivity index (χ0v) is 16.8. The number of nitro groups is 2. The third-order valence-electron chi connectivity index (χ3n) is 5.03. The molecule has 11 nitrogen and oxygen atoms in total.